The molecule has 0 fully saturated rings. The van der Waals surface area contributed by atoms with Crippen LogP contribution in [-0.2, 0) is 23.4 Å². The minimum absolute atomic E-state index is 0.0681. The average Bonchev–Trinajstić information content (AvgIpc) is 3.36. The van der Waals surface area contributed by atoms with Gasteiger partial charge in [-0.3, -0.25) is 14.4 Å². The van der Waals surface area contributed by atoms with Gasteiger partial charge < -0.3 is 14.2 Å². The van der Waals surface area contributed by atoms with Crippen LogP contribution in [0, 0.1) is 13.8 Å². The van der Waals surface area contributed by atoms with Crippen LogP contribution < -0.4 is 10.3 Å². The normalized spacial score (nSPS) is 17.6. The zero-order valence-corrected chi connectivity index (χ0v) is 22.2. The van der Waals surface area contributed by atoms with Crippen molar-refractivity contribution in [2.75, 3.05) is 4.90 Å². The number of anilines is 1. The molecule has 3 heterocycles. The molecule has 0 N–H and O–H groups in total. The Bertz CT molecular complexity index is 1900. The van der Waals surface area contributed by atoms with E-state index in [1.807, 2.05) is 98.8 Å². The number of hydrogen-bond acceptors (Lipinski definition) is 4. The van der Waals surface area contributed by atoms with Crippen molar-refractivity contribution in [2.24, 2.45) is 0 Å². The maximum atomic E-state index is 14.9. The third-order valence-corrected chi connectivity index (χ3v) is 8.22. The second-order valence-electron chi connectivity index (χ2n) is 10.5. The van der Waals surface area contributed by atoms with Crippen molar-refractivity contribution in [3.63, 3.8) is 0 Å². The second kappa shape index (κ2) is 8.78. The van der Waals surface area contributed by atoms with Gasteiger partial charge in [-0.1, -0.05) is 78.9 Å². The number of aryl methyl sites for hydroxylation is 2. The van der Waals surface area contributed by atoms with Gasteiger partial charge in [0, 0.05) is 12.1 Å². The third kappa shape index (κ3) is 3.26. The quantitative estimate of drug-likeness (QED) is 0.294. The van der Waals surface area contributed by atoms with Crippen LogP contribution in [-0.4, -0.2) is 16.7 Å². The zero-order valence-electron chi connectivity index (χ0n) is 22.2. The van der Waals surface area contributed by atoms with Crippen molar-refractivity contribution in [1.82, 2.24) is 4.90 Å². The van der Waals surface area contributed by atoms with Crippen LogP contribution in [0.4, 0.5) is 5.69 Å². The zero-order chi connectivity index (χ0) is 27.6. The maximum Gasteiger partial charge on any atom is 0.291 e. The van der Waals surface area contributed by atoms with E-state index in [-0.39, 0.29) is 29.2 Å². The van der Waals surface area contributed by atoms with Gasteiger partial charge in [-0.05, 0) is 54.3 Å². The van der Waals surface area contributed by atoms with Gasteiger partial charge in [0.05, 0.1) is 23.2 Å². The molecule has 196 valence electrons. The van der Waals surface area contributed by atoms with Crippen molar-refractivity contribution in [1.29, 1.82) is 0 Å². The number of benzene rings is 4. The van der Waals surface area contributed by atoms with E-state index in [4.69, 9.17) is 4.42 Å². The van der Waals surface area contributed by atoms with Crippen LogP contribution in [0.5, 0.6) is 0 Å². The van der Waals surface area contributed by atoms with Crippen LogP contribution in [0.1, 0.15) is 43.9 Å². The van der Waals surface area contributed by atoms with Gasteiger partial charge in [-0.25, -0.2) is 0 Å². The van der Waals surface area contributed by atoms with E-state index in [1.54, 1.807) is 17.0 Å². The Labute approximate surface area is 231 Å². The second-order valence-corrected chi connectivity index (χ2v) is 10.5. The molecule has 0 radical (unpaired) electrons. The van der Waals surface area contributed by atoms with Crippen molar-refractivity contribution in [3.8, 4) is 0 Å². The molecule has 0 saturated carbocycles. The molecule has 40 heavy (non-hydrogen) atoms. The van der Waals surface area contributed by atoms with Crippen molar-refractivity contribution < 1.29 is 14.0 Å². The molecule has 0 bridgehead atoms. The minimum Gasteiger partial charge on any atom is -0.450 e. The maximum absolute atomic E-state index is 14.9. The van der Waals surface area contributed by atoms with Crippen molar-refractivity contribution >= 4 is 28.5 Å². The monoisotopic (exact) mass is 526 g/mol. The molecule has 0 aliphatic carbocycles. The molecule has 1 aromatic heterocycles. The first-order chi connectivity index (χ1) is 19.4. The van der Waals surface area contributed by atoms with Crippen molar-refractivity contribution in [3.05, 3.63) is 146 Å². The lowest BCUT2D eigenvalue weighted by Crippen LogP contribution is -2.52. The van der Waals surface area contributed by atoms with Gasteiger partial charge >= 0.3 is 0 Å². The molecule has 2 amide bonds. The van der Waals surface area contributed by atoms with E-state index < -0.39 is 11.4 Å². The minimum atomic E-state index is -1.65. The van der Waals surface area contributed by atoms with Crippen LogP contribution in [0.15, 0.2) is 106 Å². The topological polar surface area (TPSA) is 70.8 Å². The summed E-state index contributed by atoms with van der Waals surface area (Å²) in [5, 5.41) is 0.363. The van der Waals surface area contributed by atoms with Crippen LogP contribution in [0.3, 0.4) is 0 Å². The third-order valence-electron chi connectivity index (χ3n) is 8.22. The Morgan fingerprint density at radius 3 is 2.02 bits per heavy atom. The Hall–Kier alpha value is -4.97. The molecule has 2 aliphatic heterocycles. The number of nitrogens with zero attached hydrogens (tertiary/aromatic N) is 2. The average molecular weight is 527 g/mol. The van der Waals surface area contributed by atoms with Gasteiger partial charge in [0.1, 0.15) is 5.58 Å². The highest BCUT2D eigenvalue weighted by Crippen LogP contribution is 2.53. The Kier molecular flexibility index (Phi) is 5.29. The molecule has 0 saturated heterocycles. The lowest BCUT2D eigenvalue weighted by atomic mass is 9.83. The summed E-state index contributed by atoms with van der Waals surface area (Å²) in [4.78, 5) is 46.7. The molecule has 4 aromatic carbocycles. The molecule has 5 aromatic rings. The number of carbonyl (C=O) groups excluding carboxylic acids is 2. The summed E-state index contributed by atoms with van der Waals surface area (Å²) >= 11 is 0. The summed E-state index contributed by atoms with van der Waals surface area (Å²) < 4.78 is 6.24. The van der Waals surface area contributed by atoms with Crippen molar-refractivity contribution in [2.45, 2.75) is 32.5 Å². The van der Waals surface area contributed by atoms with E-state index >= 15 is 0 Å². The molecular weight excluding hydrogens is 500 g/mol. The smallest absolute Gasteiger partial charge is 0.291 e. The molecule has 1 unspecified atom stereocenters. The summed E-state index contributed by atoms with van der Waals surface area (Å²) in [5.74, 6) is -0.877. The summed E-state index contributed by atoms with van der Waals surface area (Å²) in [6, 6.07) is 30.3. The SMILES string of the molecule is Cc1cc2oc3c(c(=O)c2cc1C)C1(C(=O)N(Cc2ccccc2)c2ccccc21)N(Cc1ccccc1)C3=O. The van der Waals surface area contributed by atoms with E-state index in [9.17, 15) is 14.4 Å². The fourth-order valence-electron chi connectivity index (χ4n) is 6.16. The van der Waals surface area contributed by atoms with E-state index in [0.717, 1.165) is 22.3 Å². The van der Waals surface area contributed by atoms with E-state index in [0.29, 0.717) is 28.8 Å². The molecule has 6 nitrogen and oxygen atoms in total. The van der Waals surface area contributed by atoms with E-state index in [1.165, 1.54) is 4.90 Å². The fourth-order valence-corrected chi connectivity index (χ4v) is 6.16. The number of hydrogen-bond donors (Lipinski definition) is 0. The summed E-state index contributed by atoms with van der Waals surface area (Å²) in [6.07, 6.45) is 0. The highest BCUT2D eigenvalue weighted by atomic mass is 16.3. The molecule has 2 aliphatic rings. The standard InChI is InChI=1S/C34H26N2O4/c1-21-17-25-28(18-22(21)2)40-31-29(30(25)37)34(36(32(31)38)20-24-13-7-4-8-14-24)26-15-9-10-16-27(26)35(33(34)39)19-23-11-5-3-6-12-23/h3-18H,19-20H2,1-2H3. The largest absolute Gasteiger partial charge is 0.450 e. The summed E-state index contributed by atoms with van der Waals surface area (Å²) in [5.41, 5.74) is 3.39. The molecular formula is C34H26N2O4. The van der Waals surface area contributed by atoms with Crippen LogP contribution >= 0.6 is 0 Å². The molecule has 6 heteroatoms. The van der Waals surface area contributed by atoms with Crippen LogP contribution in [0.25, 0.3) is 11.0 Å². The fraction of sp³-hybridized carbons (Fsp3) is 0.147. The van der Waals surface area contributed by atoms with Gasteiger partial charge in [-0.2, -0.15) is 0 Å². The van der Waals surface area contributed by atoms with Crippen LogP contribution in [0.2, 0.25) is 0 Å². The van der Waals surface area contributed by atoms with Gasteiger partial charge in [0.2, 0.25) is 5.76 Å². The van der Waals surface area contributed by atoms with Gasteiger partial charge in [0.15, 0.2) is 11.0 Å². The number of fused-ring (bicyclic) bond motifs is 5. The Morgan fingerprint density at radius 2 is 1.32 bits per heavy atom. The van der Waals surface area contributed by atoms with E-state index in [2.05, 4.69) is 0 Å². The predicted molar refractivity (Wildman–Crippen MR) is 153 cm³/mol. The lowest BCUT2D eigenvalue weighted by molar-refractivity contribution is -0.126. The Morgan fingerprint density at radius 1 is 0.725 bits per heavy atom. The highest BCUT2D eigenvalue weighted by Gasteiger charge is 2.64. The predicted octanol–water partition coefficient (Wildman–Crippen LogP) is 5.86. The summed E-state index contributed by atoms with van der Waals surface area (Å²) in [7, 11) is 0. The summed E-state index contributed by atoms with van der Waals surface area (Å²) in [6.45, 7) is 4.31. The molecule has 1 spiro atoms. The number of rotatable bonds is 4. The molecule has 7 rings (SSSR count). The number of amides is 2. The highest BCUT2D eigenvalue weighted by molar-refractivity contribution is 6.17. The van der Waals surface area contributed by atoms with Gasteiger partial charge in [-0.15, -0.1) is 0 Å². The van der Waals surface area contributed by atoms with Gasteiger partial charge in [0.25, 0.3) is 11.8 Å². The number of para-hydroxylation sites is 1. The first-order valence-corrected chi connectivity index (χ1v) is 13.3. The Balaban J connectivity index is 1.53. The lowest BCUT2D eigenvalue weighted by Gasteiger charge is -2.34. The first-order valence-electron chi connectivity index (χ1n) is 13.3. The first kappa shape index (κ1) is 24.1. The molecule has 1 atom stereocenters. The number of carbonyl (C=O) groups is 2.